The normalized spacial score (nSPS) is 12.1. The Labute approximate surface area is 123 Å². The molecular weight excluding hydrogens is 271 g/mol. The van der Waals surface area contributed by atoms with Crippen LogP contribution in [0.2, 0.25) is 0 Å². The number of halogens is 2. The molecule has 2 rings (SSSR count). The smallest absolute Gasteiger partial charge is 0.505 e. The number of hydrogen-bond acceptors (Lipinski definition) is 2. The molecule has 0 radical (unpaired) electrons. The Morgan fingerprint density at radius 1 is 0.952 bits per heavy atom. The fourth-order valence-electron chi connectivity index (χ4n) is 1.89. The molecule has 0 spiro atoms. The Balaban J connectivity index is 2.40. The number of allylic oxidation sites excluding steroid dienone is 1. The Hall–Kier alpha value is -2.43. The number of nitrogens with zero attached hydrogens (tertiary/aromatic N) is 1. The van der Waals surface area contributed by atoms with Gasteiger partial charge in [-0.25, -0.2) is 8.63 Å². The van der Waals surface area contributed by atoms with Crippen LogP contribution in [0.15, 0.2) is 71.7 Å². The van der Waals surface area contributed by atoms with Gasteiger partial charge in [0.2, 0.25) is 0 Å². The second-order valence-corrected chi connectivity index (χ2v) is 4.23. The Bertz CT molecular complexity index is 627. The molecular formula is C16H14BF2NO. The van der Waals surface area contributed by atoms with Crippen LogP contribution in [0.3, 0.4) is 0 Å². The van der Waals surface area contributed by atoms with Crippen LogP contribution in [0.25, 0.3) is 5.76 Å². The first-order valence-corrected chi connectivity index (χ1v) is 6.45. The molecule has 0 bridgehead atoms. The van der Waals surface area contributed by atoms with E-state index in [0.29, 0.717) is 11.3 Å². The van der Waals surface area contributed by atoms with Crippen molar-refractivity contribution < 1.29 is 13.3 Å². The van der Waals surface area contributed by atoms with Crippen LogP contribution >= 0.6 is 0 Å². The fraction of sp³-hybridized carbons (Fsp3) is 0.0625. The standard InChI is InChI=1S/C16H14BF2NO/c1-20-15(13-8-4-2-5-9-13)12-16(21-17(18)19)14-10-6-3-7-11-14/h2-12H,1H3/b16-12-,20-15?. The molecule has 2 aromatic carbocycles. The highest BCUT2D eigenvalue weighted by atomic mass is 19.2. The molecule has 0 aliphatic rings. The Morgan fingerprint density at radius 2 is 1.48 bits per heavy atom. The van der Waals surface area contributed by atoms with Gasteiger partial charge in [0.25, 0.3) is 0 Å². The van der Waals surface area contributed by atoms with Crippen LogP contribution in [-0.4, -0.2) is 20.2 Å². The molecule has 0 aromatic heterocycles. The summed E-state index contributed by atoms with van der Waals surface area (Å²) < 4.78 is 29.9. The Kier molecular flexibility index (Phi) is 5.26. The van der Waals surface area contributed by atoms with Gasteiger partial charge in [-0.15, -0.1) is 0 Å². The van der Waals surface area contributed by atoms with Crippen molar-refractivity contribution in [1.29, 1.82) is 0 Å². The molecule has 2 nitrogen and oxygen atoms in total. The minimum Gasteiger partial charge on any atom is -0.505 e. The summed E-state index contributed by atoms with van der Waals surface area (Å²) in [5.74, 6) is 0.0926. The lowest BCUT2D eigenvalue weighted by Crippen LogP contribution is -2.07. The SMILES string of the molecule is CN=C(/C=C(\OB(F)F)c1ccccc1)c1ccccc1. The lowest BCUT2D eigenvalue weighted by atomic mass is 10.1. The zero-order valence-electron chi connectivity index (χ0n) is 11.5. The molecule has 0 fully saturated rings. The third-order valence-corrected chi connectivity index (χ3v) is 2.85. The summed E-state index contributed by atoms with van der Waals surface area (Å²) in [5, 5.41) is 0. The number of rotatable bonds is 5. The minimum atomic E-state index is -2.88. The van der Waals surface area contributed by atoms with E-state index in [-0.39, 0.29) is 5.76 Å². The van der Waals surface area contributed by atoms with Gasteiger partial charge < -0.3 is 4.65 Å². The van der Waals surface area contributed by atoms with Crippen LogP contribution < -0.4 is 0 Å². The van der Waals surface area contributed by atoms with Gasteiger partial charge in [-0.1, -0.05) is 60.7 Å². The molecule has 0 N–H and O–H groups in total. The third-order valence-electron chi connectivity index (χ3n) is 2.85. The van der Waals surface area contributed by atoms with E-state index in [1.807, 2.05) is 36.4 Å². The summed E-state index contributed by atoms with van der Waals surface area (Å²) in [6.07, 6.45) is 1.52. The third kappa shape index (κ3) is 4.28. The predicted octanol–water partition coefficient (Wildman–Crippen LogP) is 4.09. The van der Waals surface area contributed by atoms with E-state index in [2.05, 4.69) is 9.65 Å². The first-order chi connectivity index (χ1) is 10.2. The first kappa shape index (κ1) is 15.0. The van der Waals surface area contributed by atoms with Crippen molar-refractivity contribution in [3.63, 3.8) is 0 Å². The largest absolute Gasteiger partial charge is 0.796 e. The van der Waals surface area contributed by atoms with Crippen molar-refractivity contribution in [3.8, 4) is 0 Å². The maximum atomic E-state index is 12.6. The van der Waals surface area contributed by atoms with E-state index < -0.39 is 7.47 Å². The second-order valence-electron chi connectivity index (χ2n) is 4.23. The van der Waals surface area contributed by atoms with Gasteiger partial charge in [0.05, 0.1) is 5.71 Å². The molecule has 106 valence electrons. The zero-order chi connectivity index (χ0) is 15.1. The van der Waals surface area contributed by atoms with Crippen molar-refractivity contribution in [2.24, 2.45) is 4.99 Å². The molecule has 5 heteroatoms. The monoisotopic (exact) mass is 285 g/mol. The average Bonchev–Trinajstić information content (AvgIpc) is 2.52. The topological polar surface area (TPSA) is 21.6 Å². The van der Waals surface area contributed by atoms with E-state index in [9.17, 15) is 8.63 Å². The van der Waals surface area contributed by atoms with Crippen molar-refractivity contribution in [1.82, 2.24) is 0 Å². The molecule has 0 amide bonds. The van der Waals surface area contributed by atoms with Crippen molar-refractivity contribution in [2.75, 3.05) is 7.05 Å². The molecule has 0 saturated carbocycles. The molecule has 0 atom stereocenters. The maximum absolute atomic E-state index is 12.6. The first-order valence-electron chi connectivity index (χ1n) is 6.45. The summed E-state index contributed by atoms with van der Waals surface area (Å²) in [6.45, 7) is 0. The van der Waals surface area contributed by atoms with Crippen LogP contribution in [-0.2, 0) is 4.65 Å². The molecule has 0 unspecified atom stereocenters. The highest BCUT2D eigenvalue weighted by Gasteiger charge is 2.20. The average molecular weight is 285 g/mol. The summed E-state index contributed by atoms with van der Waals surface area (Å²) in [7, 11) is -1.27. The molecule has 0 saturated heterocycles. The van der Waals surface area contributed by atoms with Gasteiger partial charge in [0.1, 0.15) is 5.76 Å². The summed E-state index contributed by atoms with van der Waals surface area (Å²) in [5.41, 5.74) is 2.00. The molecule has 0 aliphatic carbocycles. The highest BCUT2D eigenvalue weighted by molar-refractivity contribution is 6.36. The lowest BCUT2D eigenvalue weighted by Gasteiger charge is -2.10. The minimum absolute atomic E-state index is 0.0926. The van der Waals surface area contributed by atoms with Gasteiger partial charge in [-0.2, -0.15) is 0 Å². The van der Waals surface area contributed by atoms with Gasteiger partial charge in [-0.05, 0) is 5.56 Å². The Morgan fingerprint density at radius 3 is 1.95 bits per heavy atom. The van der Waals surface area contributed by atoms with E-state index in [1.165, 1.54) is 6.08 Å². The zero-order valence-corrected chi connectivity index (χ0v) is 11.5. The summed E-state index contributed by atoms with van der Waals surface area (Å²) in [6, 6.07) is 18.1. The van der Waals surface area contributed by atoms with E-state index in [4.69, 9.17) is 0 Å². The molecule has 0 aliphatic heterocycles. The quantitative estimate of drug-likeness (QED) is 0.460. The van der Waals surface area contributed by atoms with E-state index in [0.717, 1.165) is 5.56 Å². The number of hydrogen-bond donors (Lipinski definition) is 0. The van der Waals surface area contributed by atoms with Crippen molar-refractivity contribution in [3.05, 3.63) is 77.9 Å². The number of aliphatic imine (C=N–C) groups is 1. The van der Waals surface area contributed by atoms with Gasteiger partial charge in [-0.3, -0.25) is 4.99 Å². The molecule has 2 aromatic rings. The highest BCUT2D eigenvalue weighted by Crippen LogP contribution is 2.19. The maximum Gasteiger partial charge on any atom is 0.796 e. The van der Waals surface area contributed by atoms with Gasteiger partial charge in [0, 0.05) is 18.7 Å². The van der Waals surface area contributed by atoms with Crippen LogP contribution in [0.1, 0.15) is 11.1 Å². The summed E-state index contributed by atoms with van der Waals surface area (Å²) >= 11 is 0. The van der Waals surface area contributed by atoms with Crippen LogP contribution in [0.4, 0.5) is 8.63 Å². The van der Waals surface area contributed by atoms with Crippen molar-refractivity contribution in [2.45, 2.75) is 0 Å². The predicted molar refractivity (Wildman–Crippen MR) is 82.4 cm³/mol. The van der Waals surface area contributed by atoms with E-state index >= 15 is 0 Å². The molecule has 0 heterocycles. The lowest BCUT2D eigenvalue weighted by molar-refractivity contribution is 0.397. The van der Waals surface area contributed by atoms with Gasteiger partial charge >= 0.3 is 7.47 Å². The van der Waals surface area contributed by atoms with Crippen LogP contribution in [0.5, 0.6) is 0 Å². The van der Waals surface area contributed by atoms with Crippen LogP contribution in [0, 0.1) is 0 Å². The van der Waals surface area contributed by atoms with Gasteiger partial charge in [0.15, 0.2) is 0 Å². The van der Waals surface area contributed by atoms with E-state index in [1.54, 1.807) is 31.3 Å². The molecule has 21 heavy (non-hydrogen) atoms. The van der Waals surface area contributed by atoms with Crippen molar-refractivity contribution >= 4 is 18.9 Å². The fourth-order valence-corrected chi connectivity index (χ4v) is 1.89. The number of benzene rings is 2. The second kappa shape index (κ2) is 7.38. The summed E-state index contributed by atoms with van der Waals surface area (Å²) in [4.78, 5) is 4.15.